The Morgan fingerprint density at radius 3 is 2.39 bits per heavy atom. The molecule has 0 saturated carbocycles. The van der Waals surface area contributed by atoms with Gasteiger partial charge in [-0.05, 0) is 25.1 Å². The first-order valence-electron chi connectivity index (χ1n) is 9.92. The molecule has 0 fully saturated rings. The van der Waals surface area contributed by atoms with E-state index in [1.54, 1.807) is 13.8 Å². The van der Waals surface area contributed by atoms with E-state index in [2.05, 4.69) is 10.1 Å². The molecule has 0 aliphatic rings. The van der Waals surface area contributed by atoms with Gasteiger partial charge in [-0.2, -0.15) is 5.10 Å². The maximum atomic E-state index is 14.7. The fourth-order valence-electron chi connectivity index (χ4n) is 3.42. The third-order valence-electron chi connectivity index (χ3n) is 5.28. The first kappa shape index (κ1) is 25.0. The van der Waals surface area contributed by atoms with Crippen molar-refractivity contribution < 1.29 is 27.1 Å². The topological polar surface area (TPSA) is 102 Å². The van der Waals surface area contributed by atoms with Crippen molar-refractivity contribution in [2.75, 3.05) is 6.26 Å². The van der Waals surface area contributed by atoms with Crippen molar-refractivity contribution in [3.8, 4) is 0 Å². The van der Waals surface area contributed by atoms with Crippen molar-refractivity contribution in [2.45, 2.75) is 41.4 Å². The molecule has 0 bridgehead atoms. The fraction of sp³-hybridized carbons (Fsp3) is 0.318. The van der Waals surface area contributed by atoms with Crippen LogP contribution in [-0.2, 0) is 22.0 Å². The predicted molar refractivity (Wildman–Crippen MR) is 121 cm³/mol. The van der Waals surface area contributed by atoms with E-state index >= 15 is 0 Å². The molecule has 2 aromatic carbocycles. The molecule has 176 valence electrons. The Labute approximate surface area is 194 Å². The van der Waals surface area contributed by atoms with E-state index in [0.717, 1.165) is 24.1 Å². The van der Waals surface area contributed by atoms with E-state index in [1.807, 2.05) is 0 Å². The van der Waals surface area contributed by atoms with Gasteiger partial charge >= 0.3 is 0 Å². The molecule has 1 N–H and O–H groups in total. The predicted octanol–water partition coefficient (Wildman–Crippen LogP) is 3.24. The molecule has 0 amide bonds. The molecule has 1 heterocycles. The minimum Gasteiger partial charge on any atom is -0.382 e. The van der Waals surface area contributed by atoms with Gasteiger partial charge in [-0.1, -0.05) is 25.1 Å². The molecule has 3 rings (SSSR count). The van der Waals surface area contributed by atoms with Crippen LogP contribution in [0.5, 0.6) is 0 Å². The lowest BCUT2D eigenvalue weighted by molar-refractivity contribution is 0.0132. The van der Waals surface area contributed by atoms with Gasteiger partial charge in [0, 0.05) is 28.7 Å². The highest BCUT2D eigenvalue weighted by atomic mass is 32.2. The second kappa shape index (κ2) is 9.70. The largest absolute Gasteiger partial charge is 0.382 e. The van der Waals surface area contributed by atoms with Crippen molar-refractivity contribution >= 4 is 27.4 Å². The van der Waals surface area contributed by atoms with Crippen molar-refractivity contribution in [1.29, 1.82) is 0 Å². The number of aliphatic hydroxyl groups is 1. The van der Waals surface area contributed by atoms with E-state index in [1.165, 1.54) is 47.7 Å². The molecule has 3 aromatic rings. The molecule has 11 heteroatoms. The Balaban J connectivity index is 1.86. The Hall–Kier alpha value is -2.63. The lowest BCUT2D eigenvalue weighted by atomic mass is 9.90. The second-order valence-corrected chi connectivity index (χ2v) is 11.4. The smallest absolute Gasteiger partial charge is 0.175 e. The number of carbonyl (C=O) groups excluding carboxylic acids is 1. The SMILES string of the molecule is CC(SC(C)C(O)(Cn1cncn1)c1ccc(F)cc1F)C(=O)c1ccc(S(C)(=O)=O)cc1. The third-order valence-corrected chi connectivity index (χ3v) is 7.83. The fourth-order valence-corrected chi connectivity index (χ4v) is 5.35. The molecule has 3 atom stereocenters. The van der Waals surface area contributed by atoms with Crippen LogP contribution in [0.1, 0.15) is 29.8 Å². The van der Waals surface area contributed by atoms with Gasteiger partial charge in [0.25, 0.3) is 0 Å². The Kier molecular flexibility index (Phi) is 7.35. The van der Waals surface area contributed by atoms with Crippen LogP contribution in [0.3, 0.4) is 0 Å². The maximum Gasteiger partial charge on any atom is 0.175 e. The number of halogens is 2. The highest BCUT2D eigenvalue weighted by Gasteiger charge is 2.41. The molecule has 0 radical (unpaired) electrons. The Morgan fingerprint density at radius 1 is 1.18 bits per heavy atom. The summed E-state index contributed by atoms with van der Waals surface area (Å²) >= 11 is 1.11. The van der Waals surface area contributed by atoms with Crippen molar-refractivity contribution in [1.82, 2.24) is 14.8 Å². The summed E-state index contributed by atoms with van der Waals surface area (Å²) in [4.78, 5) is 16.9. The number of aromatic nitrogens is 3. The minimum absolute atomic E-state index is 0.0988. The number of sulfone groups is 1. The average molecular weight is 496 g/mol. The standard InChI is InChI=1S/C22H23F2N3O4S2/c1-14(21(28)16-4-7-18(8-5-16)33(3,30)31)32-15(2)22(29,11-27-13-25-12-26-27)19-9-6-17(23)10-20(19)24/h4-10,12-15,29H,11H2,1-3H3. The summed E-state index contributed by atoms with van der Waals surface area (Å²) in [5.41, 5.74) is -1.66. The van der Waals surface area contributed by atoms with Crippen LogP contribution in [0, 0.1) is 11.6 Å². The van der Waals surface area contributed by atoms with Crippen LogP contribution in [0.4, 0.5) is 8.78 Å². The second-order valence-electron chi connectivity index (χ2n) is 7.72. The van der Waals surface area contributed by atoms with Crippen molar-refractivity contribution in [2.24, 2.45) is 0 Å². The first-order valence-corrected chi connectivity index (χ1v) is 12.8. The first-order chi connectivity index (χ1) is 15.4. The highest BCUT2D eigenvalue weighted by Crippen LogP contribution is 2.38. The van der Waals surface area contributed by atoms with Crippen LogP contribution in [0.25, 0.3) is 0 Å². The zero-order valence-corrected chi connectivity index (χ0v) is 19.8. The van der Waals surface area contributed by atoms with Crippen LogP contribution < -0.4 is 0 Å². The van der Waals surface area contributed by atoms with Gasteiger partial charge < -0.3 is 5.11 Å². The van der Waals surface area contributed by atoms with Crippen molar-refractivity contribution in [3.05, 3.63) is 77.9 Å². The molecule has 0 spiro atoms. The number of ketones is 1. The lowest BCUT2D eigenvalue weighted by Gasteiger charge is -2.35. The molecule has 1 aromatic heterocycles. The van der Waals surface area contributed by atoms with Crippen LogP contribution in [0.2, 0.25) is 0 Å². The number of hydrogen-bond donors (Lipinski definition) is 1. The summed E-state index contributed by atoms with van der Waals surface area (Å²) in [6, 6.07) is 8.51. The molecule has 0 saturated heterocycles. The maximum absolute atomic E-state index is 14.7. The molecule has 0 aliphatic carbocycles. The molecular weight excluding hydrogens is 472 g/mol. The molecule has 3 unspecified atom stereocenters. The summed E-state index contributed by atoms with van der Waals surface area (Å²) < 4.78 is 52.7. The van der Waals surface area contributed by atoms with Gasteiger partial charge in [-0.25, -0.2) is 26.9 Å². The van der Waals surface area contributed by atoms with Gasteiger partial charge in [0.15, 0.2) is 15.6 Å². The zero-order chi connectivity index (χ0) is 24.4. The summed E-state index contributed by atoms with van der Waals surface area (Å²) in [5.74, 6) is -1.98. The average Bonchev–Trinajstić information content (AvgIpc) is 3.25. The van der Waals surface area contributed by atoms with Gasteiger partial charge in [-0.15, -0.1) is 11.8 Å². The molecule has 0 aliphatic heterocycles. The summed E-state index contributed by atoms with van der Waals surface area (Å²) in [6.07, 6.45) is 3.71. The zero-order valence-electron chi connectivity index (χ0n) is 18.1. The van der Waals surface area contributed by atoms with Gasteiger partial charge in [0.1, 0.15) is 29.9 Å². The number of hydrogen-bond acceptors (Lipinski definition) is 7. The number of rotatable bonds is 9. The number of nitrogens with zero attached hydrogens (tertiary/aromatic N) is 3. The monoisotopic (exact) mass is 495 g/mol. The van der Waals surface area contributed by atoms with Crippen LogP contribution >= 0.6 is 11.8 Å². The van der Waals surface area contributed by atoms with Gasteiger partial charge in [0.2, 0.25) is 0 Å². The molecular formula is C22H23F2N3O4S2. The van der Waals surface area contributed by atoms with Gasteiger partial charge in [-0.3, -0.25) is 4.79 Å². The van der Waals surface area contributed by atoms with Gasteiger partial charge in [0.05, 0.1) is 16.7 Å². The Bertz CT molecular complexity index is 1240. The van der Waals surface area contributed by atoms with Crippen LogP contribution in [0.15, 0.2) is 60.0 Å². The Morgan fingerprint density at radius 2 is 1.85 bits per heavy atom. The third kappa shape index (κ3) is 5.66. The number of Topliss-reactive ketones (excluding diaryl/α,β-unsaturated/α-hetero) is 1. The van der Waals surface area contributed by atoms with E-state index in [-0.39, 0.29) is 22.8 Å². The van der Waals surface area contributed by atoms with E-state index in [4.69, 9.17) is 0 Å². The van der Waals surface area contributed by atoms with E-state index in [9.17, 15) is 27.1 Å². The summed E-state index contributed by atoms with van der Waals surface area (Å²) in [6.45, 7) is 3.11. The van der Waals surface area contributed by atoms with E-state index < -0.39 is 37.6 Å². The number of benzene rings is 2. The molecule has 33 heavy (non-hydrogen) atoms. The number of thioether (sulfide) groups is 1. The quantitative estimate of drug-likeness (QED) is 0.455. The number of carbonyl (C=O) groups is 1. The normalized spacial score (nSPS) is 15.6. The highest BCUT2D eigenvalue weighted by molar-refractivity contribution is 8.01. The van der Waals surface area contributed by atoms with Crippen molar-refractivity contribution in [3.63, 3.8) is 0 Å². The lowest BCUT2D eigenvalue weighted by Crippen LogP contribution is -2.42. The summed E-state index contributed by atoms with van der Waals surface area (Å²) in [5, 5.41) is 14.2. The summed E-state index contributed by atoms with van der Waals surface area (Å²) in [7, 11) is -3.39. The van der Waals surface area contributed by atoms with Crippen LogP contribution in [-0.4, -0.2) is 50.8 Å². The molecule has 7 nitrogen and oxygen atoms in total. The minimum atomic E-state index is -3.39. The van der Waals surface area contributed by atoms with E-state index in [0.29, 0.717) is 11.6 Å².